The summed E-state index contributed by atoms with van der Waals surface area (Å²) in [5.41, 5.74) is 0. The quantitative estimate of drug-likeness (QED) is 0.568. The first-order valence-corrected chi connectivity index (χ1v) is 12.1. The Morgan fingerprint density at radius 3 is 1.59 bits per heavy atom. The largest absolute Gasteiger partial charge is 1.00 e. The molecule has 0 aromatic rings. The smallest absolute Gasteiger partial charge is 1.00 e. The average molecular weight is 348 g/mol. The molecule has 0 amide bonds. The molecule has 1 heterocycles. The monoisotopic (exact) mass is 346 g/mol. The number of hydrogen-bond donors (Lipinski definition) is 0. The van der Waals surface area contributed by atoms with Crippen molar-refractivity contribution in [3.8, 4) is 0 Å². The van der Waals surface area contributed by atoms with E-state index in [0.29, 0.717) is 0 Å². The summed E-state index contributed by atoms with van der Waals surface area (Å²) >= 11 is -2.00. The molecule has 0 radical (unpaired) electrons. The van der Waals surface area contributed by atoms with Gasteiger partial charge in [0.25, 0.3) is 0 Å². The zero-order valence-electron chi connectivity index (χ0n) is 9.96. The third-order valence-electron chi connectivity index (χ3n) is 4.23. The predicted molar refractivity (Wildman–Crippen MR) is 62.5 cm³/mol. The number of hydrogen-bond acceptors (Lipinski definition) is 0. The van der Waals surface area contributed by atoms with Crippen molar-refractivity contribution >= 4 is 0 Å². The Hall–Kier alpha value is 0.423. The normalized spacial score (nSPS) is 22.1. The van der Waals surface area contributed by atoms with Crippen molar-refractivity contribution in [2.75, 3.05) is 0 Å². The Morgan fingerprint density at radius 1 is 0.765 bits per heavy atom. The van der Waals surface area contributed by atoms with Gasteiger partial charge in [0.1, 0.15) is 0 Å². The van der Waals surface area contributed by atoms with E-state index in [1.54, 1.807) is 8.26 Å². The molecule has 0 aromatic heterocycles. The summed E-state index contributed by atoms with van der Waals surface area (Å²) in [5.74, 6) is 0. The van der Waals surface area contributed by atoms with Crippen LogP contribution in [0.25, 0.3) is 0 Å². The maximum atomic E-state index is 2.46. The maximum absolute atomic E-state index is 2.46. The van der Waals surface area contributed by atoms with Gasteiger partial charge in [-0.05, 0) is 0 Å². The van der Waals surface area contributed by atoms with Crippen LogP contribution >= 0.6 is 0 Å². The molecule has 0 atom stereocenters. The summed E-state index contributed by atoms with van der Waals surface area (Å²) in [6.07, 6.45) is 19.8. The van der Waals surface area contributed by atoms with Gasteiger partial charge in [-0.3, -0.25) is 0 Å². The van der Waals surface area contributed by atoms with Crippen molar-refractivity contribution in [1.82, 2.24) is 0 Å². The van der Waals surface area contributed by atoms with E-state index in [1.165, 1.54) is 25.7 Å². The summed E-state index contributed by atoms with van der Waals surface area (Å²) in [6, 6.07) is 0. The van der Waals surface area contributed by atoms with Gasteiger partial charge in [0.15, 0.2) is 0 Å². The molecule has 0 nitrogen and oxygen atoms in total. The molecule has 0 spiro atoms. The molecule has 17 heavy (non-hydrogen) atoms. The van der Waals surface area contributed by atoms with E-state index in [0.717, 1.165) is 0 Å². The minimum Gasteiger partial charge on any atom is -1.00 e. The number of halogens is 2. The van der Waals surface area contributed by atoms with E-state index in [2.05, 4.69) is 36.5 Å². The van der Waals surface area contributed by atoms with E-state index >= 15 is 0 Å². The van der Waals surface area contributed by atoms with Crippen LogP contribution in [0.4, 0.5) is 0 Å². The van der Waals surface area contributed by atoms with Crippen LogP contribution in [0.3, 0.4) is 0 Å². The molecule has 3 rings (SSSR count). The zero-order chi connectivity index (χ0) is 10.1. The van der Waals surface area contributed by atoms with Crippen molar-refractivity contribution in [3.05, 3.63) is 43.0 Å². The fourth-order valence-electron chi connectivity index (χ4n) is 3.43. The van der Waals surface area contributed by atoms with Crippen LogP contribution in [-0.2, 0) is 20.3 Å². The van der Waals surface area contributed by atoms with Crippen molar-refractivity contribution in [1.29, 1.82) is 0 Å². The van der Waals surface area contributed by atoms with Crippen molar-refractivity contribution in [2.24, 2.45) is 0 Å². The Balaban J connectivity index is 0.000000722. The SMILES string of the molecule is C1=CC[C]([Zr+2]2([C]3=CC=CC3)[CH2]CC[CH2]2)=C1.[Cl-].[Cl-]. The minimum absolute atomic E-state index is 0. The van der Waals surface area contributed by atoms with Gasteiger partial charge in [0.05, 0.1) is 0 Å². The molecule has 1 aliphatic heterocycles. The van der Waals surface area contributed by atoms with Crippen molar-refractivity contribution in [2.45, 2.75) is 33.9 Å². The first-order chi connectivity index (χ1) is 7.42. The van der Waals surface area contributed by atoms with Gasteiger partial charge in [-0.2, -0.15) is 0 Å². The molecule has 1 saturated heterocycles. The van der Waals surface area contributed by atoms with Crippen molar-refractivity contribution in [3.63, 3.8) is 0 Å². The third kappa shape index (κ3) is 2.72. The average Bonchev–Trinajstić information content (AvgIpc) is 3.02. The molecule has 0 aromatic carbocycles. The second-order valence-corrected chi connectivity index (χ2v) is 15.9. The van der Waals surface area contributed by atoms with Crippen molar-refractivity contribution < 1.29 is 45.1 Å². The van der Waals surface area contributed by atoms with Crippen LogP contribution < -0.4 is 24.8 Å². The fourth-order valence-corrected chi connectivity index (χ4v) is 17.0. The van der Waals surface area contributed by atoms with E-state index in [9.17, 15) is 0 Å². The van der Waals surface area contributed by atoms with Gasteiger partial charge >= 0.3 is 97.2 Å². The minimum atomic E-state index is -2.00. The van der Waals surface area contributed by atoms with E-state index in [4.69, 9.17) is 0 Å². The van der Waals surface area contributed by atoms with Crippen LogP contribution in [0.2, 0.25) is 8.26 Å². The van der Waals surface area contributed by atoms with Gasteiger partial charge in [-0.15, -0.1) is 0 Å². The first-order valence-electron chi connectivity index (χ1n) is 6.14. The molecular weight excluding hydrogens is 330 g/mol. The predicted octanol–water partition coefficient (Wildman–Crippen LogP) is -1.53. The van der Waals surface area contributed by atoms with Gasteiger partial charge in [-0.25, -0.2) is 0 Å². The summed E-state index contributed by atoms with van der Waals surface area (Å²) in [7, 11) is 0. The summed E-state index contributed by atoms with van der Waals surface area (Å²) in [5, 5.41) is 0. The fraction of sp³-hybridized carbons (Fsp3) is 0.429. The second-order valence-electron chi connectivity index (χ2n) is 4.94. The van der Waals surface area contributed by atoms with Gasteiger partial charge in [0.2, 0.25) is 0 Å². The molecule has 92 valence electrons. The molecule has 3 aliphatic rings. The topological polar surface area (TPSA) is 0 Å². The summed E-state index contributed by atoms with van der Waals surface area (Å²) in [6.45, 7) is 0. The first kappa shape index (κ1) is 15.5. The van der Waals surface area contributed by atoms with Crippen LogP contribution in [0.15, 0.2) is 43.0 Å². The Kier molecular flexibility index (Phi) is 5.96. The standard InChI is InChI=1S/2C5H5.C4H8.2ClH.Zr/c2*1-2-4-5-3-1;1-3-4-2;;;/h2*1-3H,4H2;1-4H2;2*1H;/q;;;;;+2/p-2. The van der Waals surface area contributed by atoms with Crippen LogP contribution in [0.1, 0.15) is 25.7 Å². The zero-order valence-corrected chi connectivity index (χ0v) is 13.9. The van der Waals surface area contributed by atoms with Gasteiger partial charge in [0, 0.05) is 0 Å². The molecule has 0 bridgehead atoms. The van der Waals surface area contributed by atoms with Gasteiger partial charge < -0.3 is 24.8 Å². The molecular formula is C14H18Cl2Zr. The van der Waals surface area contributed by atoms with Gasteiger partial charge in [-0.1, -0.05) is 0 Å². The molecule has 0 unspecified atom stereocenters. The molecule has 3 heteroatoms. The number of allylic oxidation sites excluding steroid dienone is 8. The van der Waals surface area contributed by atoms with Crippen LogP contribution in [-0.4, -0.2) is 0 Å². The molecule has 2 aliphatic carbocycles. The molecule has 1 fully saturated rings. The van der Waals surface area contributed by atoms with Crippen LogP contribution in [0, 0.1) is 0 Å². The third-order valence-corrected chi connectivity index (χ3v) is 18.0. The van der Waals surface area contributed by atoms with E-state index in [1.807, 2.05) is 6.56 Å². The van der Waals surface area contributed by atoms with E-state index < -0.39 is 20.3 Å². The Morgan fingerprint density at radius 2 is 1.24 bits per heavy atom. The summed E-state index contributed by atoms with van der Waals surface area (Å²) in [4.78, 5) is 0. The molecule has 0 N–H and O–H groups in total. The summed E-state index contributed by atoms with van der Waals surface area (Å²) < 4.78 is 6.96. The number of rotatable bonds is 2. The van der Waals surface area contributed by atoms with Crippen LogP contribution in [0.5, 0.6) is 0 Å². The Labute approximate surface area is 121 Å². The van der Waals surface area contributed by atoms with E-state index in [-0.39, 0.29) is 24.8 Å². The molecule has 0 saturated carbocycles. The Bertz CT molecular complexity index is 353. The second kappa shape index (κ2) is 6.55. The maximum Gasteiger partial charge on any atom is -1.00 e.